The van der Waals surface area contributed by atoms with Crippen LogP contribution in [0.15, 0.2) is 66.1 Å². The molecule has 0 aliphatic carbocycles. The van der Waals surface area contributed by atoms with Gasteiger partial charge in [0.2, 0.25) is 11.8 Å². The molecule has 0 amide bonds. The Morgan fingerprint density at radius 2 is 1.85 bits per heavy atom. The number of hydrogen-bond donors (Lipinski definition) is 1. The van der Waals surface area contributed by atoms with Gasteiger partial charge < -0.3 is 15.0 Å². The number of ether oxygens (including phenoxy) is 1. The molecule has 1 saturated heterocycles. The first-order chi connectivity index (χ1) is 19.1. The van der Waals surface area contributed by atoms with Crippen LogP contribution < -0.4 is 20.5 Å². The third-order valence-corrected chi connectivity index (χ3v) is 7.05. The van der Waals surface area contributed by atoms with Gasteiger partial charge in [0, 0.05) is 49.8 Å². The first-order valence-corrected chi connectivity index (χ1v) is 13.6. The lowest BCUT2D eigenvalue weighted by Gasteiger charge is -2.36. The standard InChI is InChI=1S/C29H36N8O2/c1-4-6-7-16-34-17-19-35(20-18-34)23-13-11-22(12-14-23)31-29-30-21-24-27(33-29)37(36(15-5-2)28(24)38)25-9-8-10-26(32-25)39-3/h5,8-14,21H,2,4,6-7,15-20H2,1,3H3,(H,30,31,33). The highest BCUT2D eigenvalue weighted by molar-refractivity contribution is 5.77. The van der Waals surface area contributed by atoms with E-state index in [4.69, 9.17) is 9.72 Å². The lowest BCUT2D eigenvalue weighted by atomic mass is 10.2. The Bertz CT molecular complexity index is 1470. The Kier molecular flexibility index (Phi) is 8.21. The fraction of sp³-hybridized carbons (Fsp3) is 0.379. The van der Waals surface area contributed by atoms with Crippen LogP contribution >= 0.6 is 0 Å². The summed E-state index contributed by atoms with van der Waals surface area (Å²) in [6, 6.07) is 13.7. The summed E-state index contributed by atoms with van der Waals surface area (Å²) in [4.78, 5) is 31.8. The number of aromatic nitrogens is 5. The van der Waals surface area contributed by atoms with Crippen molar-refractivity contribution in [1.82, 2.24) is 29.2 Å². The van der Waals surface area contributed by atoms with E-state index in [1.807, 2.05) is 18.2 Å². The van der Waals surface area contributed by atoms with E-state index >= 15 is 0 Å². The quantitative estimate of drug-likeness (QED) is 0.228. The average molecular weight is 529 g/mol. The van der Waals surface area contributed by atoms with E-state index in [9.17, 15) is 4.79 Å². The summed E-state index contributed by atoms with van der Waals surface area (Å²) in [6.07, 6.45) is 7.08. The maximum absolute atomic E-state index is 13.1. The molecule has 4 aromatic rings. The van der Waals surface area contributed by atoms with Crippen molar-refractivity contribution in [3.8, 4) is 11.7 Å². The third kappa shape index (κ3) is 5.80. The molecule has 1 aliphatic heterocycles. The van der Waals surface area contributed by atoms with Gasteiger partial charge in [0.05, 0.1) is 13.7 Å². The van der Waals surface area contributed by atoms with Gasteiger partial charge in [-0.3, -0.25) is 9.69 Å². The van der Waals surface area contributed by atoms with Crippen LogP contribution in [-0.2, 0) is 6.54 Å². The molecule has 4 heterocycles. The number of nitrogens with one attached hydrogen (secondary N) is 1. The van der Waals surface area contributed by atoms with Crippen LogP contribution in [0.3, 0.4) is 0 Å². The highest BCUT2D eigenvalue weighted by Crippen LogP contribution is 2.23. The van der Waals surface area contributed by atoms with Crippen molar-refractivity contribution in [2.75, 3.05) is 50.1 Å². The molecule has 10 nitrogen and oxygen atoms in total. The largest absolute Gasteiger partial charge is 0.481 e. The van der Waals surface area contributed by atoms with Crippen LogP contribution in [0.25, 0.3) is 16.9 Å². The van der Waals surface area contributed by atoms with Crippen LogP contribution in [0.4, 0.5) is 17.3 Å². The lowest BCUT2D eigenvalue weighted by Crippen LogP contribution is -2.46. The summed E-state index contributed by atoms with van der Waals surface area (Å²) in [5.74, 6) is 1.35. The third-order valence-electron chi connectivity index (χ3n) is 7.05. The van der Waals surface area contributed by atoms with Crippen molar-refractivity contribution in [2.24, 2.45) is 0 Å². The number of hydrogen-bond acceptors (Lipinski definition) is 8. The number of benzene rings is 1. The molecule has 0 spiro atoms. The molecule has 1 aromatic carbocycles. The summed E-state index contributed by atoms with van der Waals surface area (Å²) in [5.41, 5.74) is 2.32. The Balaban J connectivity index is 1.35. The molecule has 1 aliphatic rings. The molecular weight excluding hydrogens is 492 g/mol. The maximum Gasteiger partial charge on any atom is 0.278 e. The SMILES string of the molecule is C=CCn1c(=O)c2cnc(Nc3ccc(N4CCN(CCCCC)CC4)cc3)nc2n1-c1cccc(OC)n1. The number of piperazine rings is 1. The van der Waals surface area contributed by atoms with E-state index in [0.29, 0.717) is 35.2 Å². The second-order valence-electron chi connectivity index (χ2n) is 9.66. The molecule has 0 bridgehead atoms. The maximum atomic E-state index is 13.1. The smallest absolute Gasteiger partial charge is 0.278 e. The fourth-order valence-electron chi connectivity index (χ4n) is 4.94. The van der Waals surface area contributed by atoms with Gasteiger partial charge in [0.25, 0.3) is 5.56 Å². The van der Waals surface area contributed by atoms with E-state index in [2.05, 4.69) is 50.7 Å². The topological polar surface area (TPSA) is 93.3 Å². The molecule has 10 heteroatoms. The Morgan fingerprint density at radius 3 is 2.56 bits per heavy atom. The van der Waals surface area contributed by atoms with Gasteiger partial charge in [0.1, 0.15) is 5.39 Å². The summed E-state index contributed by atoms with van der Waals surface area (Å²) in [5, 5.41) is 3.68. The Morgan fingerprint density at radius 1 is 1.05 bits per heavy atom. The van der Waals surface area contributed by atoms with Crippen molar-refractivity contribution < 1.29 is 4.74 Å². The minimum atomic E-state index is -0.212. The number of unbranched alkanes of at least 4 members (excludes halogenated alkanes) is 2. The molecule has 39 heavy (non-hydrogen) atoms. The van der Waals surface area contributed by atoms with E-state index < -0.39 is 0 Å². The van der Waals surface area contributed by atoms with Crippen molar-refractivity contribution in [3.63, 3.8) is 0 Å². The minimum absolute atomic E-state index is 0.212. The number of allylic oxidation sites excluding steroid dienone is 1. The highest BCUT2D eigenvalue weighted by Gasteiger charge is 2.19. The van der Waals surface area contributed by atoms with Gasteiger partial charge in [0.15, 0.2) is 11.5 Å². The predicted octanol–water partition coefficient (Wildman–Crippen LogP) is 4.23. The summed E-state index contributed by atoms with van der Waals surface area (Å²) < 4.78 is 8.51. The van der Waals surface area contributed by atoms with E-state index in [1.54, 1.807) is 36.2 Å². The normalized spacial score (nSPS) is 14.1. The zero-order chi connectivity index (χ0) is 27.2. The molecule has 3 aromatic heterocycles. The van der Waals surface area contributed by atoms with Crippen LogP contribution in [0.1, 0.15) is 26.2 Å². The number of nitrogens with zero attached hydrogens (tertiary/aromatic N) is 7. The zero-order valence-corrected chi connectivity index (χ0v) is 22.7. The summed E-state index contributed by atoms with van der Waals surface area (Å²) in [7, 11) is 1.56. The molecule has 0 unspecified atom stereocenters. The second-order valence-corrected chi connectivity index (χ2v) is 9.66. The summed E-state index contributed by atoms with van der Waals surface area (Å²) >= 11 is 0. The van der Waals surface area contributed by atoms with E-state index in [1.165, 1.54) is 36.2 Å². The van der Waals surface area contributed by atoms with E-state index in [-0.39, 0.29) is 5.56 Å². The number of rotatable bonds is 11. The number of fused-ring (bicyclic) bond motifs is 1. The summed E-state index contributed by atoms with van der Waals surface area (Å²) in [6.45, 7) is 11.8. The molecule has 1 fully saturated rings. The molecule has 204 valence electrons. The van der Waals surface area contributed by atoms with Crippen molar-refractivity contribution in [1.29, 1.82) is 0 Å². The molecule has 1 N–H and O–H groups in total. The van der Waals surface area contributed by atoms with Crippen molar-refractivity contribution in [3.05, 3.63) is 71.7 Å². The number of anilines is 3. The van der Waals surface area contributed by atoms with Gasteiger partial charge in [-0.05, 0) is 43.3 Å². The highest BCUT2D eigenvalue weighted by atomic mass is 16.5. The van der Waals surface area contributed by atoms with Crippen LogP contribution in [0.5, 0.6) is 5.88 Å². The molecule has 0 saturated carbocycles. The molecule has 0 radical (unpaired) electrons. The van der Waals surface area contributed by atoms with E-state index in [0.717, 1.165) is 31.9 Å². The minimum Gasteiger partial charge on any atom is -0.481 e. The Labute approximate surface area is 228 Å². The lowest BCUT2D eigenvalue weighted by molar-refractivity contribution is 0.252. The van der Waals surface area contributed by atoms with Gasteiger partial charge in [-0.25, -0.2) is 14.3 Å². The van der Waals surface area contributed by atoms with Crippen LogP contribution in [-0.4, -0.2) is 69.0 Å². The predicted molar refractivity (Wildman–Crippen MR) is 156 cm³/mol. The monoisotopic (exact) mass is 528 g/mol. The molecule has 0 atom stereocenters. The number of methoxy groups -OCH3 is 1. The first-order valence-electron chi connectivity index (χ1n) is 13.6. The van der Waals surface area contributed by atoms with Gasteiger partial charge in [-0.15, -0.1) is 6.58 Å². The number of pyridine rings is 1. The molecule has 5 rings (SSSR count). The van der Waals surface area contributed by atoms with Gasteiger partial charge in [-0.1, -0.05) is 31.9 Å². The van der Waals surface area contributed by atoms with Crippen molar-refractivity contribution in [2.45, 2.75) is 32.7 Å². The van der Waals surface area contributed by atoms with Crippen molar-refractivity contribution >= 4 is 28.4 Å². The Hall–Kier alpha value is -4.18. The fourth-order valence-corrected chi connectivity index (χ4v) is 4.94. The average Bonchev–Trinajstić information content (AvgIpc) is 3.24. The first kappa shape index (κ1) is 26.4. The van der Waals surface area contributed by atoms with Crippen LogP contribution in [0.2, 0.25) is 0 Å². The van der Waals surface area contributed by atoms with Gasteiger partial charge >= 0.3 is 0 Å². The molecular formula is C29H36N8O2. The second kappa shape index (κ2) is 12.1. The van der Waals surface area contributed by atoms with Gasteiger partial charge in [-0.2, -0.15) is 9.97 Å². The zero-order valence-electron chi connectivity index (χ0n) is 22.7. The van der Waals surface area contributed by atoms with Crippen LogP contribution in [0, 0.1) is 0 Å².